The van der Waals surface area contributed by atoms with E-state index in [0.29, 0.717) is 0 Å². The first kappa shape index (κ1) is 13.1. The summed E-state index contributed by atoms with van der Waals surface area (Å²) in [6.07, 6.45) is 3.06. The Morgan fingerprint density at radius 3 is 2.84 bits per heavy atom. The Labute approximate surface area is 111 Å². The van der Waals surface area contributed by atoms with Crippen LogP contribution in [0.1, 0.15) is 24.3 Å². The molecule has 0 aliphatic rings. The lowest BCUT2D eigenvalue weighted by Crippen LogP contribution is -2.11. The SMILES string of the molecule is COc1cccc(-n2cnc(C(=O)OC(C)C)c2)c1. The molecule has 19 heavy (non-hydrogen) atoms. The molecule has 5 nitrogen and oxygen atoms in total. The predicted octanol–water partition coefficient (Wildman–Crippen LogP) is 2.45. The third-order valence-corrected chi connectivity index (χ3v) is 2.49. The molecular formula is C14H16N2O3. The number of benzene rings is 1. The van der Waals surface area contributed by atoms with Crippen LogP contribution in [0.25, 0.3) is 5.69 Å². The molecule has 1 aromatic heterocycles. The Bertz CT molecular complexity index is 576. The third-order valence-electron chi connectivity index (χ3n) is 2.49. The van der Waals surface area contributed by atoms with Crippen molar-refractivity contribution in [2.24, 2.45) is 0 Å². The molecular weight excluding hydrogens is 244 g/mol. The summed E-state index contributed by atoms with van der Waals surface area (Å²) < 4.78 is 12.0. The predicted molar refractivity (Wildman–Crippen MR) is 70.7 cm³/mol. The van der Waals surface area contributed by atoms with Gasteiger partial charge in [-0.05, 0) is 26.0 Å². The lowest BCUT2D eigenvalue weighted by molar-refractivity contribution is 0.0371. The highest BCUT2D eigenvalue weighted by Gasteiger charge is 2.13. The maximum absolute atomic E-state index is 11.7. The molecule has 0 bridgehead atoms. The number of carbonyl (C=O) groups is 1. The van der Waals surface area contributed by atoms with Crippen LogP contribution in [-0.4, -0.2) is 28.7 Å². The van der Waals surface area contributed by atoms with Gasteiger partial charge in [0.25, 0.3) is 0 Å². The van der Waals surface area contributed by atoms with Crippen molar-refractivity contribution in [2.45, 2.75) is 20.0 Å². The monoisotopic (exact) mass is 260 g/mol. The first-order valence-corrected chi connectivity index (χ1v) is 5.99. The Morgan fingerprint density at radius 2 is 2.16 bits per heavy atom. The minimum absolute atomic E-state index is 0.158. The summed E-state index contributed by atoms with van der Waals surface area (Å²) in [5, 5.41) is 0. The Kier molecular flexibility index (Phi) is 3.85. The average molecular weight is 260 g/mol. The number of hydrogen-bond acceptors (Lipinski definition) is 4. The van der Waals surface area contributed by atoms with E-state index in [2.05, 4.69) is 4.98 Å². The fraction of sp³-hybridized carbons (Fsp3) is 0.286. The quantitative estimate of drug-likeness (QED) is 0.792. The second kappa shape index (κ2) is 5.56. The van der Waals surface area contributed by atoms with Gasteiger partial charge in [-0.3, -0.25) is 0 Å². The van der Waals surface area contributed by atoms with Crippen molar-refractivity contribution < 1.29 is 14.3 Å². The number of hydrogen-bond donors (Lipinski definition) is 0. The normalized spacial score (nSPS) is 10.5. The van der Waals surface area contributed by atoms with Gasteiger partial charge in [0.05, 0.1) is 18.9 Å². The fourth-order valence-electron chi connectivity index (χ4n) is 1.61. The number of ether oxygens (including phenoxy) is 2. The summed E-state index contributed by atoms with van der Waals surface area (Å²) in [5.41, 5.74) is 1.16. The summed E-state index contributed by atoms with van der Waals surface area (Å²) in [6, 6.07) is 7.50. The first-order valence-electron chi connectivity index (χ1n) is 5.99. The molecule has 0 N–H and O–H groups in total. The van der Waals surface area contributed by atoms with Gasteiger partial charge >= 0.3 is 5.97 Å². The van der Waals surface area contributed by atoms with E-state index in [0.717, 1.165) is 11.4 Å². The van der Waals surface area contributed by atoms with Crippen molar-refractivity contribution in [3.63, 3.8) is 0 Å². The van der Waals surface area contributed by atoms with E-state index in [1.165, 1.54) is 0 Å². The van der Waals surface area contributed by atoms with Crippen LogP contribution in [-0.2, 0) is 4.74 Å². The second-order valence-corrected chi connectivity index (χ2v) is 4.32. The molecule has 5 heteroatoms. The summed E-state index contributed by atoms with van der Waals surface area (Å²) in [7, 11) is 1.61. The largest absolute Gasteiger partial charge is 0.497 e. The number of carbonyl (C=O) groups excluding carboxylic acids is 1. The molecule has 0 aliphatic carbocycles. The van der Waals surface area contributed by atoms with Crippen molar-refractivity contribution in [1.82, 2.24) is 9.55 Å². The zero-order valence-electron chi connectivity index (χ0n) is 11.2. The van der Waals surface area contributed by atoms with E-state index < -0.39 is 5.97 Å². The van der Waals surface area contributed by atoms with Crippen LogP contribution in [0.3, 0.4) is 0 Å². The van der Waals surface area contributed by atoms with Gasteiger partial charge in [0.15, 0.2) is 5.69 Å². The highest BCUT2D eigenvalue weighted by atomic mass is 16.5. The Balaban J connectivity index is 2.22. The summed E-state index contributed by atoms with van der Waals surface area (Å²) in [5.74, 6) is 0.328. The van der Waals surface area contributed by atoms with Crippen LogP contribution in [0.4, 0.5) is 0 Å². The van der Waals surface area contributed by atoms with Gasteiger partial charge in [-0.15, -0.1) is 0 Å². The Morgan fingerprint density at radius 1 is 1.37 bits per heavy atom. The number of nitrogens with zero attached hydrogens (tertiary/aromatic N) is 2. The molecule has 0 aliphatic heterocycles. The molecule has 2 rings (SSSR count). The maximum Gasteiger partial charge on any atom is 0.358 e. The smallest absolute Gasteiger partial charge is 0.358 e. The highest BCUT2D eigenvalue weighted by molar-refractivity contribution is 5.87. The molecule has 0 saturated heterocycles. The molecule has 0 unspecified atom stereocenters. The zero-order valence-corrected chi connectivity index (χ0v) is 11.2. The number of imidazole rings is 1. The summed E-state index contributed by atoms with van der Waals surface area (Å²) >= 11 is 0. The molecule has 0 radical (unpaired) electrons. The molecule has 1 aromatic carbocycles. The van der Waals surface area contributed by atoms with Crippen molar-refractivity contribution in [3.8, 4) is 11.4 Å². The van der Waals surface area contributed by atoms with Crippen molar-refractivity contribution >= 4 is 5.97 Å². The minimum atomic E-state index is -0.420. The van der Waals surface area contributed by atoms with E-state index in [9.17, 15) is 4.79 Å². The molecule has 100 valence electrons. The van der Waals surface area contributed by atoms with E-state index in [1.807, 2.05) is 24.3 Å². The lowest BCUT2D eigenvalue weighted by Gasteiger charge is -2.05. The maximum atomic E-state index is 11.7. The van der Waals surface area contributed by atoms with Crippen molar-refractivity contribution in [2.75, 3.05) is 7.11 Å². The zero-order chi connectivity index (χ0) is 13.8. The third kappa shape index (κ3) is 3.13. The number of methoxy groups -OCH3 is 1. The summed E-state index contributed by atoms with van der Waals surface area (Å²) in [6.45, 7) is 3.61. The van der Waals surface area contributed by atoms with Crippen molar-refractivity contribution in [3.05, 3.63) is 42.5 Å². The van der Waals surface area contributed by atoms with Gasteiger partial charge in [0.2, 0.25) is 0 Å². The number of aromatic nitrogens is 2. The molecule has 1 heterocycles. The van der Waals surface area contributed by atoms with Crippen LogP contribution >= 0.6 is 0 Å². The molecule has 0 amide bonds. The van der Waals surface area contributed by atoms with Crippen LogP contribution in [0.2, 0.25) is 0 Å². The minimum Gasteiger partial charge on any atom is -0.497 e. The molecule has 0 spiro atoms. The van der Waals surface area contributed by atoms with Crippen LogP contribution in [0.15, 0.2) is 36.8 Å². The number of rotatable bonds is 4. The molecule has 0 saturated carbocycles. The van der Waals surface area contributed by atoms with Gasteiger partial charge in [-0.1, -0.05) is 6.07 Å². The Hall–Kier alpha value is -2.30. The van der Waals surface area contributed by atoms with Gasteiger partial charge in [-0.25, -0.2) is 9.78 Å². The first-order chi connectivity index (χ1) is 9.10. The lowest BCUT2D eigenvalue weighted by atomic mass is 10.3. The molecule has 2 aromatic rings. The average Bonchev–Trinajstić information content (AvgIpc) is 2.88. The van der Waals surface area contributed by atoms with E-state index >= 15 is 0 Å². The van der Waals surface area contributed by atoms with Gasteiger partial charge in [0.1, 0.15) is 12.1 Å². The number of esters is 1. The van der Waals surface area contributed by atoms with Crippen molar-refractivity contribution in [1.29, 1.82) is 0 Å². The van der Waals surface area contributed by atoms with E-state index in [-0.39, 0.29) is 11.8 Å². The topological polar surface area (TPSA) is 53.4 Å². The molecule has 0 fully saturated rings. The standard InChI is InChI=1S/C14H16N2O3/c1-10(2)19-14(17)13-8-16(9-15-13)11-5-4-6-12(7-11)18-3/h4-10H,1-3H3. The van der Waals surface area contributed by atoms with Gasteiger partial charge in [-0.2, -0.15) is 0 Å². The molecule has 0 atom stereocenters. The van der Waals surface area contributed by atoms with Gasteiger partial charge in [0, 0.05) is 12.3 Å². The summed E-state index contributed by atoms with van der Waals surface area (Å²) in [4.78, 5) is 15.7. The van der Waals surface area contributed by atoms with E-state index in [1.54, 1.807) is 38.0 Å². The van der Waals surface area contributed by atoms with Gasteiger partial charge < -0.3 is 14.0 Å². The highest BCUT2D eigenvalue weighted by Crippen LogP contribution is 2.16. The van der Waals surface area contributed by atoms with Crippen LogP contribution in [0.5, 0.6) is 5.75 Å². The van der Waals surface area contributed by atoms with Crippen LogP contribution < -0.4 is 4.74 Å². The fourth-order valence-corrected chi connectivity index (χ4v) is 1.61. The van der Waals surface area contributed by atoms with E-state index in [4.69, 9.17) is 9.47 Å². The van der Waals surface area contributed by atoms with Crippen LogP contribution in [0, 0.1) is 0 Å². The second-order valence-electron chi connectivity index (χ2n) is 4.32.